The third kappa shape index (κ3) is 2.92. The lowest BCUT2D eigenvalue weighted by molar-refractivity contribution is 0.0705. The van der Waals surface area contributed by atoms with Crippen molar-refractivity contribution >= 4 is 28.5 Å². The van der Waals surface area contributed by atoms with Gasteiger partial charge in [-0.25, -0.2) is 0 Å². The van der Waals surface area contributed by atoms with Gasteiger partial charge in [0, 0.05) is 17.0 Å². The zero-order chi connectivity index (χ0) is 18.4. The van der Waals surface area contributed by atoms with Crippen molar-refractivity contribution in [1.29, 1.82) is 0 Å². The number of carbonyl (C=O) groups excluding carboxylic acids is 1. The van der Waals surface area contributed by atoms with Crippen LogP contribution in [-0.2, 0) is 0 Å². The van der Waals surface area contributed by atoms with Gasteiger partial charge in [0.15, 0.2) is 17.3 Å². The zero-order valence-electron chi connectivity index (χ0n) is 14.6. The molecule has 0 saturated carbocycles. The first-order valence-corrected chi connectivity index (χ1v) is 9.46. The largest absolute Gasteiger partial charge is 0.486 e. The van der Waals surface area contributed by atoms with E-state index < -0.39 is 0 Å². The van der Waals surface area contributed by atoms with Crippen LogP contribution in [0.2, 0.25) is 5.02 Å². The van der Waals surface area contributed by atoms with E-state index in [4.69, 9.17) is 25.5 Å². The fraction of sp³-hybridized carbons (Fsp3) is 0.286. The summed E-state index contributed by atoms with van der Waals surface area (Å²) >= 11 is 6.04. The number of nitrogens with zero attached hydrogens (tertiary/aromatic N) is 1. The van der Waals surface area contributed by atoms with Gasteiger partial charge >= 0.3 is 0 Å². The van der Waals surface area contributed by atoms with Crippen LogP contribution >= 0.6 is 11.6 Å². The maximum Gasteiger partial charge on any atom is 0.290 e. The number of furan rings is 1. The molecule has 0 N–H and O–H groups in total. The maximum absolute atomic E-state index is 13.1. The summed E-state index contributed by atoms with van der Waals surface area (Å²) in [6.07, 6.45) is 1.87. The Kier molecular flexibility index (Phi) is 3.97. The highest BCUT2D eigenvalue weighted by Crippen LogP contribution is 2.39. The summed E-state index contributed by atoms with van der Waals surface area (Å²) in [6.45, 7) is 1.82. The number of amides is 1. The third-order valence-electron chi connectivity index (χ3n) is 5.15. The average molecular weight is 384 g/mol. The van der Waals surface area contributed by atoms with Crippen LogP contribution in [-0.4, -0.2) is 30.6 Å². The Balaban J connectivity index is 1.45. The summed E-state index contributed by atoms with van der Waals surface area (Å²) in [5.74, 6) is 1.75. The lowest BCUT2D eigenvalue weighted by atomic mass is 10.0. The molecule has 1 aromatic heterocycles. The van der Waals surface area contributed by atoms with Crippen LogP contribution in [0.1, 0.15) is 35.0 Å². The standard InChI is InChI=1S/C21H18ClNO4/c22-15-4-6-17-14(10-15)12-20(27-17)21(24)23-7-1-2-16(23)13-3-5-18-19(11-13)26-9-8-25-18/h3-6,10-12,16H,1-2,7-9H2. The van der Waals surface area contributed by atoms with Gasteiger partial charge in [-0.2, -0.15) is 0 Å². The van der Waals surface area contributed by atoms with E-state index in [9.17, 15) is 4.79 Å². The average Bonchev–Trinajstić information content (AvgIpc) is 3.33. The quantitative estimate of drug-likeness (QED) is 0.635. The smallest absolute Gasteiger partial charge is 0.290 e. The molecule has 0 spiro atoms. The highest BCUT2D eigenvalue weighted by atomic mass is 35.5. The van der Waals surface area contributed by atoms with Crippen LogP contribution in [0.4, 0.5) is 0 Å². The van der Waals surface area contributed by atoms with Gasteiger partial charge < -0.3 is 18.8 Å². The fourth-order valence-corrected chi connectivity index (χ4v) is 4.07. The number of hydrogen-bond acceptors (Lipinski definition) is 4. The summed E-state index contributed by atoms with van der Waals surface area (Å²) in [5, 5.41) is 1.46. The lowest BCUT2D eigenvalue weighted by Gasteiger charge is -2.26. The Hall–Kier alpha value is -2.66. The van der Waals surface area contributed by atoms with Gasteiger partial charge in [0.2, 0.25) is 0 Å². The Morgan fingerprint density at radius 1 is 1.04 bits per heavy atom. The van der Waals surface area contributed by atoms with E-state index in [-0.39, 0.29) is 11.9 Å². The van der Waals surface area contributed by atoms with Gasteiger partial charge in [-0.05, 0) is 54.8 Å². The molecule has 27 heavy (non-hydrogen) atoms. The third-order valence-corrected chi connectivity index (χ3v) is 5.39. The van der Waals surface area contributed by atoms with Crippen LogP contribution in [0.5, 0.6) is 11.5 Å². The zero-order valence-corrected chi connectivity index (χ0v) is 15.4. The first-order valence-electron chi connectivity index (χ1n) is 9.09. The van der Waals surface area contributed by atoms with Crippen LogP contribution in [0.3, 0.4) is 0 Å². The van der Waals surface area contributed by atoms with Gasteiger partial charge in [0.1, 0.15) is 18.8 Å². The second-order valence-electron chi connectivity index (χ2n) is 6.85. The highest BCUT2D eigenvalue weighted by molar-refractivity contribution is 6.31. The molecular formula is C21H18ClNO4. The van der Waals surface area contributed by atoms with Gasteiger partial charge in [0.05, 0.1) is 6.04 Å². The van der Waals surface area contributed by atoms with Crippen molar-refractivity contribution in [3.05, 3.63) is 58.8 Å². The molecule has 6 heteroatoms. The summed E-state index contributed by atoms with van der Waals surface area (Å²) in [6, 6.07) is 13.1. The minimum atomic E-state index is -0.0975. The number of halogens is 1. The van der Waals surface area contributed by atoms with Gasteiger partial charge in [-0.15, -0.1) is 0 Å². The summed E-state index contributed by atoms with van der Waals surface area (Å²) < 4.78 is 17.1. The van der Waals surface area contributed by atoms with E-state index in [1.165, 1.54) is 0 Å². The topological polar surface area (TPSA) is 51.9 Å². The van der Waals surface area contributed by atoms with Crippen molar-refractivity contribution < 1.29 is 18.7 Å². The molecule has 1 saturated heterocycles. The normalized spacial score (nSPS) is 18.9. The van der Waals surface area contributed by atoms with E-state index in [2.05, 4.69) is 0 Å². The Labute approximate surface area is 161 Å². The fourth-order valence-electron chi connectivity index (χ4n) is 3.88. The monoisotopic (exact) mass is 383 g/mol. The second-order valence-corrected chi connectivity index (χ2v) is 7.29. The predicted molar refractivity (Wildman–Crippen MR) is 102 cm³/mol. The summed E-state index contributed by atoms with van der Waals surface area (Å²) in [5.41, 5.74) is 1.72. The minimum absolute atomic E-state index is 0.00475. The molecule has 1 amide bonds. The van der Waals surface area contributed by atoms with Crippen LogP contribution in [0, 0.1) is 0 Å². The molecular weight excluding hydrogens is 366 g/mol. The molecule has 2 aliphatic rings. The van der Waals surface area contributed by atoms with Crippen molar-refractivity contribution in [2.75, 3.05) is 19.8 Å². The van der Waals surface area contributed by atoms with Gasteiger partial charge in [-0.1, -0.05) is 17.7 Å². The van der Waals surface area contributed by atoms with E-state index in [0.717, 1.165) is 35.3 Å². The molecule has 1 fully saturated rings. The van der Waals surface area contributed by atoms with Crippen molar-refractivity contribution in [2.24, 2.45) is 0 Å². The van der Waals surface area contributed by atoms with Crippen molar-refractivity contribution in [3.8, 4) is 11.5 Å². The Morgan fingerprint density at radius 2 is 1.89 bits per heavy atom. The SMILES string of the molecule is O=C(c1cc2cc(Cl)ccc2o1)N1CCCC1c1ccc2c(c1)OCCO2. The first-order chi connectivity index (χ1) is 13.2. The van der Waals surface area contributed by atoms with E-state index in [1.807, 2.05) is 23.1 Å². The minimum Gasteiger partial charge on any atom is -0.486 e. The van der Waals surface area contributed by atoms with Crippen LogP contribution in [0.15, 0.2) is 46.9 Å². The number of ether oxygens (including phenoxy) is 2. The molecule has 2 aromatic carbocycles. The van der Waals surface area contributed by atoms with E-state index in [1.54, 1.807) is 24.3 Å². The van der Waals surface area contributed by atoms with Crippen molar-refractivity contribution in [3.63, 3.8) is 0 Å². The van der Waals surface area contributed by atoms with Gasteiger partial charge in [0.25, 0.3) is 5.91 Å². The highest BCUT2D eigenvalue weighted by Gasteiger charge is 2.33. The number of carbonyl (C=O) groups is 1. The molecule has 3 heterocycles. The van der Waals surface area contributed by atoms with Crippen LogP contribution in [0.25, 0.3) is 11.0 Å². The number of benzene rings is 2. The van der Waals surface area contributed by atoms with Crippen molar-refractivity contribution in [1.82, 2.24) is 4.90 Å². The maximum atomic E-state index is 13.1. The molecule has 3 aromatic rings. The molecule has 138 valence electrons. The first kappa shape index (κ1) is 16.5. The molecule has 0 bridgehead atoms. The molecule has 2 aliphatic heterocycles. The Bertz CT molecular complexity index is 1030. The lowest BCUT2D eigenvalue weighted by Crippen LogP contribution is -2.30. The van der Waals surface area contributed by atoms with Crippen molar-refractivity contribution in [2.45, 2.75) is 18.9 Å². The van der Waals surface area contributed by atoms with Gasteiger partial charge in [-0.3, -0.25) is 4.79 Å². The molecule has 1 atom stereocenters. The number of rotatable bonds is 2. The number of fused-ring (bicyclic) bond motifs is 2. The molecule has 5 nitrogen and oxygen atoms in total. The molecule has 1 unspecified atom stereocenters. The summed E-state index contributed by atoms with van der Waals surface area (Å²) in [4.78, 5) is 15.0. The number of hydrogen-bond donors (Lipinski definition) is 0. The van der Waals surface area contributed by atoms with E-state index in [0.29, 0.717) is 36.1 Å². The predicted octanol–water partition coefficient (Wildman–Crippen LogP) is 4.83. The molecule has 5 rings (SSSR count). The van der Waals surface area contributed by atoms with Crippen LogP contribution < -0.4 is 9.47 Å². The molecule has 0 radical (unpaired) electrons. The Morgan fingerprint density at radius 3 is 2.78 bits per heavy atom. The van der Waals surface area contributed by atoms with E-state index >= 15 is 0 Å². The number of likely N-dealkylation sites (tertiary alicyclic amines) is 1. The summed E-state index contributed by atoms with van der Waals surface area (Å²) in [7, 11) is 0. The second kappa shape index (κ2) is 6.50. The molecule has 0 aliphatic carbocycles.